The number of unbranched alkanes of at least 4 members (excludes halogenated alkanes) is 2. The second kappa shape index (κ2) is 9.24. The predicted molar refractivity (Wildman–Crippen MR) is 70.8 cm³/mol. The van der Waals surface area contributed by atoms with Crippen LogP contribution >= 0.6 is 0 Å². The normalized spacial score (nSPS) is 15.6. The lowest BCUT2D eigenvalue weighted by molar-refractivity contribution is 0.352. The number of hydrogen-bond acceptors (Lipinski definition) is 0. The molecular weight excluding hydrogens is 180 g/mol. The summed E-state index contributed by atoms with van der Waals surface area (Å²) in [6, 6.07) is 0. The first-order chi connectivity index (χ1) is 7.06. The van der Waals surface area contributed by atoms with Crippen LogP contribution in [0.5, 0.6) is 0 Å². The van der Waals surface area contributed by atoms with Gasteiger partial charge in [0.05, 0.1) is 0 Å². The lowest BCUT2D eigenvalue weighted by Gasteiger charge is -2.17. The van der Waals surface area contributed by atoms with Crippen molar-refractivity contribution in [2.75, 3.05) is 0 Å². The maximum absolute atomic E-state index is 4.05. The number of rotatable bonds is 9. The largest absolute Gasteiger partial charge is 0.0654 e. The Kier molecular flexibility index (Phi) is 9.24. The highest BCUT2D eigenvalue weighted by Gasteiger charge is 2.09. The molecule has 0 aromatic heterocycles. The zero-order valence-electron chi connectivity index (χ0n) is 11.4. The Hall–Kier alpha value is 0. The minimum Gasteiger partial charge on any atom is -0.0654 e. The van der Waals surface area contributed by atoms with Crippen molar-refractivity contribution in [3.05, 3.63) is 6.92 Å². The van der Waals surface area contributed by atoms with Crippen molar-refractivity contribution < 1.29 is 0 Å². The van der Waals surface area contributed by atoms with E-state index in [1.54, 1.807) is 0 Å². The summed E-state index contributed by atoms with van der Waals surface area (Å²) >= 11 is 0. The molecule has 0 saturated heterocycles. The molecule has 3 atom stereocenters. The zero-order valence-corrected chi connectivity index (χ0v) is 11.4. The van der Waals surface area contributed by atoms with Crippen LogP contribution in [0.3, 0.4) is 0 Å². The van der Waals surface area contributed by atoms with Crippen molar-refractivity contribution in [3.63, 3.8) is 0 Å². The second-order valence-corrected chi connectivity index (χ2v) is 5.62. The predicted octanol–water partition coefficient (Wildman–Crippen LogP) is 5.48. The molecule has 0 aliphatic carbocycles. The third-order valence-corrected chi connectivity index (χ3v) is 3.26. The average molecular weight is 211 g/mol. The molecule has 0 aliphatic heterocycles. The van der Waals surface area contributed by atoms with Crippen LogP contribution < -0.4 is 0 Å². The standard InChI is InChI=1S/C15H31/c1-6-7-8-9-14(4)12-15(5)11-10-13(2)3/h13-15H,2,6-12H2,1,3-5H3. The van der Waals surface area contributed by atoms with Crippen LogP contribution in [-0.2, 0) is 0 Å². The van der Waals surface area contributed by atoms with Gasteiger partial charge >= 0.3 is 0 Å². The van der Waals surface area contributed by atoms with Crippen molar-refractivity contribution in [1.29, 1.82) is 0 Å². The van der Waals surface area contributed by atoms with E-state index in [-0.39, 0.29) is 0 Å². The van der Waals surface area contributed by atoms with Gasteiger partial charge in [-0.25, -0.2) is 0 Å². The summed E-state index contributed by atoms with van der Waals surface area (Å²) in [5.41, 5.74) is 0. The molecule has 3 unspecified atom stereocenters. The summed E-state index contributed by atoms with van der Waals surface area (Å²) in [5, 5.41) is 0. The summed E-state index contributed by atoms with van der Waals surface area (Å²) in [6.45, 7) is 13.4. The number of hydrogen-bond donors (Lipinski definition) is 0. The Morgan fingerprint density at radius 3 is 2.00 bits per heavy atom. The van der Waals surface area contributed by atoms with Crippen molar-refractivity contribution in [2.45, 2.75) is 72.6 Å². The van der Waals surface area contributed by atoms with Crippen molar-refractivity contribution >= 4 is 0 Å². The van der Waals surface area contributed by atoms with E-state index in [9.17, 15) is 0 Å². The van der Waals surface area contributed by atoms with Gasteiger partial charge in [0.2, 0.25) is 0 Å². The molecule has 1 radical (unpaired) electrons. The van der Waals surface area contributed by atoms with Gasteiger partial charge in [0.25, 0.3) is 0 Å². The average Bonchev–Trinajstić information content (AvgIpc) is 2.15. The van der Waals surface area contributed by atoms with Crippen LogP contribution in [0.1, 0.15) is 72.6 Å². The van der Waals surface area contributed by atoms with Crippen molar-refractivity contribution in [2.24, 2.45) is 17.8 Å². The van der Waals surface area contributed by atoms with Gasteiger partial charge in [0.1, 0.15) is 0 Å². The summed E-state index contributed by atoms with van der Waals surface area (Å²) in [5.74, 6) is 2.44. The molecular formula is C15H31. The Morgan fingerprint density at radius 1 is 0.867 bits per heavy atom. The highest BCUT2D eigenvalue weighted by Crippen LogP contribution is 2.22. The molecule has 0 saturated carbocycles. The molecule has 0 bridgehead atoms. The zero-order chi connectivity index (χ0) is 11.7. The molecule has 0 fully saturated rings. The van der Waals surface area contributed by atoms with E-state index in [0.29, 0.717) is 5.92 Å². The molecule has 0 nitrogen and oxygen atoms in total. The first kappa shape index (κ1) is 15.0. The molecule has 0 spiro atoms. The summed E-state index contributed by atoms with van der Waals surface area (Å²) in [6.07, 6.45) is 9.69. The highest BCUT2D eigenvalue weighted by atomic mass is 14.1. The topological polar surface area (TPSA) is 0 Å². The Bertz CT molecular complexity index is 126. The van der Waals surface area contributed by atoms with Gasteiger partial charge in [-0.2, -0.15) is 0 Å². The molecule has 0 aliphatic rings. The quantitative estimate of drug-likeness (QED) is 0.443. The van der Waals surface area contributed by atoms with E-state index < -0.39 is 0 Å². The maximum Gasteiger partial charge on any atom is -0.0440 e. The maximum atomic E-state index is 4.05. The van der Waals surface area contributed by atoms with E-state index in [0.717, 1.165) is 11.8 Å². The third-order valence-electron chi connectivity index (χ3n) is 3.26. The van der Waals surface area contributed by atoms with E-state index in [1.165, 1.54) is 44.9 Å². The van der Waals surface area contributed by atoms with Crippen molar-refractivity contribution in [3.8, 4) is 0 Å². The SMILES string of the molecule is [CH2]C(C)CCC(C)CC(C)CCCCC. The molecule has 0 heterocycles. The highest BCUT2D eigenvalue weighted by molar-refractivity contribution is 4.63. The van der Waals surface area contributed by atoms with Crippen molar-refractivity contribution in [1.82, 2.24) is 0 Å². The van der Waals surface area contributed by atoms with Gasteiger partial charge in [0.15, 0.2) is 0 Å². The first-order valence-corrected chi connectivity index (χ1v) is 6.89. The van der Waals surface area contributed by atoms with E-state index in [4.69, 9.17) is 0 Å². The molecule has 0 N–H and O–H groups in total. The lowest BCUT2D eigenvalue weighted by Crippen LogP contribution is -2.04. The smallest absolute Gasteiger partial charge is 0.0440 e. The Balaban J connectivity index is 3.44. The fourth-order valence-electron chi connectivity index (χ4n) is 2.23. The van der Waals surface area contributed by atoms with Gasteiger partial charge in [-0.1, -0.05) is 73.1 Å². The van der Waals surface area contributed by atoms with Crippen LogP contribution in [0.2, 0.25) is 0 Å². The Morgan fingerprint density at radius 2 is 1.47 bits per heavy atom. The Labute approximate surface area is 97.8 Å². The van der Waals surface area contributed by atoms with E-state index >= 15 is 0 Å². The summed E-state index contributed by atoms with van der Waals surface area (Å²) in [4.78, 5) is 0. The van der Waals surface area contributed by atoms with Crippen LogP contribution in [0, 0.1) is 24.7 Å². The van der Waals surface area contributed by atoms with Crippen LogP contribution in [-0.4, -0.2) is 0 Å². The minimum atomic E-state index is 0.628. The monoisotopic (exact) mass is 211 g/mol. The molecule has 15 heavy (non-hydrogen) atoms. The van der Waals surface area contributed by atoms with Gasteiger partial charge in [0, 0.05) is 0 Å². The molecule has 0 rings (SSSR count). The summed E-state index contributed by atoms with van der Waals surface area (Å²) < 4.78 is 0. The fraction of sp³-hybridized carbons (Fsp3) is 0.933. The molecule has 0 amide bonds. The third kappa shape index (κ3) is 10.3. The van der Waals surface area contributed by atoms with Gasteiger partial charge in [-0.05, 0) is 24.2 Å². The van der Waals surface area contributed by atoms with Crippen LogP contribution in [0.25, 0.3) is 0 Å². The second-order valence-electron chi connectivity index (χ2n) is 5.62. The van der Waals surface area contributed by atoms with Crippen LogP contribution in [0.4, 0.5) is 0 Å². The van der Waals surface area contributed by atoms with Crippen LogP contribution in [0.15, 0.2) is 0 Å². The van der Waals surface area contributed by atoms with Gasteiger partial charge in [-0.15, -0.1) is 0 Å². The fourth-order valence-corrected chi connectivity index (χ4v) is 2.23. The van der Waals surface area contributed by atoms with Gasteiger partial charge in [-0.3, -0.25) is 0 Å². The van der Waals surface area contributed by atoms with E-state index in [1.807, 2.05) is 0 Å². The minimum absolute atomic E-state index is 0.628. The molecule has 0 aromatic carbocycles. The first-order valence-electron chi connectivity index (χ1n) is 6.89. The lowest BCUT2D eigenvalue weighted by atomic mass is 9.88. The van der Waals surface area contributed by atoms with E-state index in [2.05, 4.69) is 34.6 Å². The summed E-state index contributed by atoms with van der Waals surface area (Å²) in [7, 11) is 0. The molecule has 0 aromatic rings. The molecule has 91 valence electrons. The molecule has 0 heteroatoms. The van der Waals surface area contributed by atoms with Gasteiger partial charge < -0.3 is 0 Å².